The van der Waals surface area contributed by atoms with Crippen molar-refractivity contribution in [3.05, 3.63) is 36.1 Å². The SMILES string of the molecule is CC(=O)[O-].CC(=O)[O-].COC1=CC=C=C[CH]1.O=C([O-])C1CCCCC1.[Pb]. The first-order valence-electron chi connectivity index (χ1n) is 7.76. The van der Waals surface area contributed by atoms with Crippen molar-refractivity contribution in [1.82, 2.24) is 0 Å². The Balaban J connectivity index is -0.000000287. The Kier molecular flexibility index (Phi) is 22.1. The Morgan fingerprint density at radius 2 is 1.46 bits per heavy atom. The van der Waals surface area contributed by atoms with Crippen molar-refractivity contribution in [3.8, 4) is 0 Å². The number of methoxy groups -OCH3 is 1. The van der Waals surface area contributed by atoms with Crippen molar-refractivity contribution in [1.29, 1.82) is 0 Å². The smallest absolute Gasteiger partial charge is 0.105 e. The van der Waals surface area contributed by atoms with Crippen LogP contribution in [0.4, 0.5) is 0 Å². The Hall–Kier alpha value is -1.61. The van der Waals surface area contributed by atoms with E-state index in [1.165, 1.54) is 6.42 Å². The number of ether oxygens (including phenoxy) is 1. The third kappa shape index (κ3) is 24.6. The molecule has 0 saturated heterocycles. The molecular weight excluding hydrogens is 535 g/mol. The monoisotopic (exact) mass is 560 g/mol. The Morgan fingerprint density at radius 1 is 1.00 bits per heavy atom. The first-order chi connectivity index (χ1) is 11.7. The van der Waals surface area contributed by atoms with Gasteiger partial charge in [-0.2, -0.15) is 0 Å². The molecule has 0 bridgehead atoms. The molecule has 145 valence electrons. The van der Waals surface area contributed by atoms with E-state index >= 15 is 0 Å². The predicted molar refractivity (Wildman–Crippen MR) is 90.7 cm³/mol. The van der Waals surface area contributed by atoms with Crippen LogP contribution in [-0.4, -0.2) is 52.3 Å². The molecule has 2 aliphatic carbocycles. The number of allylic oxidation sites excluding steroid dienone is 2. The Bertz CT molecular complexity index is 480. The summed E-state index contributed by atoms with van der Waals surface area (Å²) in [6.45, 7) is 1.94. The molecule has 0 N–H and O–H groups in total. The second kappa shape index (κ2) is 19.7. The maximum absolute atomic E-state index is 10.2. The molecule has 7 nitrogen and oxygen atoms in total. The second-order valence-electron chi connectivity index (χ2n) is 5.08. The molecule has 0 aromatic carbocycles. The summed E-state index contributed by atoms with van der Waals surface area (Å²) in [4.78, 5) is 28.0. The maximum Gasteiger partial charge on any atom is 0.105 e. The molecule has 0 heterocycles. The first kappa shape index (κ1) is 29.2. The van der Waals surface area contributed by atoms with Gasteiger partial charge in [-0.3, -0.25) is 0 Å². The van der Waals surface area contributed by atoms with Gasteiger partial charge in [0, 0.05) is 45.2 Å². The normalized spacial score (nSPS) is 14.3. The molecule has 0 aromatic heterocycles. The second-order valence-corrected chi connectivity index (χ2v) is 5.08. The average Bonchev–Trinajstić information content (AvgIpc) is 2.56. The molecule has 0 aliphatic heterocycles. The number of hydrogen-bond donors (Lipinski definition) is 0. The van der Waals surface area contributed by atoms with Crippen LogP contribution in [-0.2, 0) is 19.1 Å². The van der Waals surface area contributed by atoms with E-state index < -0.39 is 17.9 Å². The van der Waals surface area contributed by atoms with Crippen molar-refractivity contribution in [3.63, 3.8) is 0 Å². The van der Waals surface area contributed by atoms with E-state index in [1.807, 2.05) is 24.6 Å². The summed E-state index contributed by atoms with van der Waals surface area (Å²) in [6.07, 6.45) is 12.4. The van der Waals surface area contributed by atoms with E-state index in [2.05, 4.69) is 5.73 Å². The number of aliphatic carboxylic acids is 3. The fourth-order valence-corrected chi connectivity index (χ4v) is 1.85. The number of rotatable bonds is 2. The summed E-state index contributed by atoms with van der Waals surface area (Å²) in [5, 5.41) is 28.0. The molecule has 1 fully saturated rings. The molecule has 1 saturated carbocycles. The van der Waals surface area contributed by atoms with Crippen molar-refractivity contribution in [2.24, 2.45) is 5.92 Å². The van der Waals surface area contributed by atoms with Gasteiger partial charge in [0.2, 0.25) is 0 Å². The average molecular weight is 560 g/mol. The van der Waals surface area contributed by atoms with Crippen LogP contribution in [0.3, 0.4) is 0 Å². The third-order valence-corrected chi connectivity index (χ3v) is 2.86. The summed E-state index contributed by atoms with van der Waals surface area (Å²) < 4.78 is 4.89. The van der Waals surface area contributed by atoms with Crippen LogP contribution in [0.5, 0.6) is 0 Å². The van der Waals surface area contributed by atoms with Crippen LogP contribution >= 0.6 is 0 Å². The van der Waals surface area contributed by atoms with Gasteiger partial charge in [0.05, 0.1) is 13.5 Å². The zero-order chi connectivity index (χ0) is 19.7. The van der Waals surface area contributed by atoms with E-state index in [9.17, 15) is 9.90 Å². The number of carbonyl (C=O) groups is 3. The molecule has 0 atom stereocenters. The molecule has 0 unspecified atom stereocenters. The fraction of sp³-hybridized carbons (Fsp3) is 0.500. The predicted octanol–water partition coefficient (Wildman–Crippen LogP) is -1.11. The van der Waals surface area contributed by atoms with Gasteiger partial charge in [0.1, 0.15) is 5.76 Å². The minimum atomic E-state index is -1.08. The molecule has 5 radical (unpaired) electrons. The van der Waals surface area contributed by atoms with E-state index in [1.54, 1.807) is 7.11 Å². The van der Waals surface area contributed by atoms with Crippen molar-refractivity contribution in [2.45, 2.75) is 46.0 Å². The van der Waals surface area contributed by atoms with Crippen LogP contribution in [0.1, 0.15) is 46.0 Å². The minimum Gasteiger partial charge on any atom is -0.550 e. The third-order valence-electron chi connectivity index (χ3n) is 2.86. The summed E-state index contributed by atoms with van der Waals surface area (Å²) >= 11 is 0. The molecule has 0 amide bonds. The first-order valence-corrected chi connectivity index (χ1v) is 7.76. The summed E-state index contributed by atoms with van der Waals surface area (Å²) in [7, 11) is 1.65. The van der Waals surface area contributed by atoms with Gasteiger partial charge in [-0.25, -0.2) is 0 Å². The minimum absolute atomic E-state index is 0. The van der Waals surface area contributed by atoms with Crippen LogP contribution in [0.25, 0.3) is 0 Å². The number of hydrogen-bond acceptors (Lipinski definition) is 7. The number of carbonyl (C=O) groups excluding carboxylic acids is 3. The fourth-order valence-electron chi connectivity index (χ4n) is 1.85. The van der Waals surface area contributed by atoms with Crippen molar-refractivity contribution in [2.75, 3.05) is 7.11 Å². The summed E-state index contributed by atoms with van der Waals surface area (Å²) in [5.74, 6) is -2.28. The van der Waals surface area contributed by atoms with Gasteiger partial charge < -0.3 is 34.4 Å². The van der Waals surface area contributed by atoms with Gasteiger partial charge in [0.15, 0.2) is 0 Å². The molecule has 2 rings (SSSR count). The van der Waals surface area contributed by atoms with Crippen molar-refractivity contribution >= 4 is 45.2 Å². The van der Waals surface area contributed by atoms with E-state index in [0.717, 1.165) is 45.3 Å². The maximum atomic E-state index is 10.2. The van der Waals surface area contributed by atoms with Crippen LogP contribution in [0.2, 0.25) is 0 Å². The van der Waals surface area contributed by atoms with Gasteiger partial charge in [0.25, 0.3) is 0 Å². The van der Waals surface area contributed by atoms with E-state index in [-0.39, 0.29) is 33.2 Å². The molecule has 0 aromatic rings. The van der Waals surface area contributed by atoms with Gasteiger partial charge in [-0.15, -0.1) is 5.73 Å². The van der Waals surface area contributed by atoms with E-state index in [0.29, 0.717) is 0 Å². The Labute approximate surface area is 174 Å². The molecular formula is C18H24O7Pb-3. The Morgan fingerprint density at radius 3 is 1.69 bits per heavy atom. The topological polar surface area (TPSA) is 130 Å². The van der Waals surface area contributed by atoms with Gasteiger partial charge in [-0.1, -0.05) is 19.3 Å². The zero-order valence-electron chi connectivity index (χ0n) is 15.3. The van der Waals surface area contributed by atoms with Crippen molar-refractivity contribution < 1.29 is 34.4 Å². The zero-order valence-corrected chi connectivity index (χ0v) is 19.2. The number of carboxylic acid groups (broad SMARTS) is 3. The quantitative estimate of drug-likeness (QED) is 0.310. The molecule has 2 aliphatic rings. The van der Waals surface area contributed by atoms with Gasteiger partial charge >= 0.3 is 0 Å². The number of carboxylic acids is 3. The van der Waals surface area contributed by atoms with Gasteiger partial charge in [-0.05, 0) is 50.8 Å². The molecule has 8 heteroatoms. The largest absolute Gasteiger partial charge is 0.550 e. The summed E-state index contributed by atoms with van der Waals surface area (Å²) in [5.41, 5.74) is 2.89. The standard InChI is InChI=1S/C7H12O2.C7H7O.2C2H4O2.Pb/c8-7(9)6-4-2-1-3-5-6;1-8-7-5-3-2-4-6-7;2*1-2(3)4;/h6H,1-5H2,(H,8,9);3-6H,1H3;2*1H3,(H,3,4);/p-3. The van der Waals surface area contributed by atoms with Crippen LogP contribution in [0, 0.1) is 12.3 Å². The summed E-state index contributed by atoms with van der Waals surface area (Å²) in [6, 6.07) is 0. The van der Waals surface area contributed by atoms with Crippen LogP contribution < -0.4 is 15.3 Å². The van der Waals surface area contributed by atoms with E-state index in [4.69, 9.17) is 24.5 Å². The van der Waals surface area contributed by atoms with Crippen LogP contribution in [0.15, 0.2) is 29.7 Å². The molecule has 0 spiro atoms. The molecule has 26 heavy (non-hydrogen) atoms.